The molecule has 2 aromatic carbocycles. The summed E-state index contributed by atoms with van der Waals surface area (Å²) in [6, 6.07) is 11.8. The summed E-state index contributed by atoms with van der Waals surface area (Å²) in [5.41, 5.74) is 1.89. The summed E-state index contributed by atoms with van der Waals surface area (Å²) in [4.78, 5) is 14.8. The first-order chi connectivity index (χ1) is 14.1. The Morgan fingerprint density at radius 1 is 1.21 bits per heavy atom. The van der Waals surface area contributed by atoms with E-state index in [-0.39, 0.29) is 5.91 Å². The molecular formula is C23H24ClNO4. The Bertz CT molecular complexity index is 906. The van der Waals surface area contributed by atoms with E-state index < -0.39 is 0 Å². The zero-order valence-electron chi connectivity index (χ0n) is 16.4. The van der Waals surface area contributed by atoms with E-state index in [2.05, 4.69) is 0 Å². The van der Waals surface area contributed by atoms with E-state index in [1.807, 2.05) is 35.2 Å². The molecule has 0 N–H and O–H groups in total. The maximum Gasteiger partial charge on any atom is 0.247 e. The third kappa shape index (κ3) is 4.85. The van der Waals surface area contributed by atoms with Gasteiger partial charge < -0.3 is 19.1 Å². The fraction of sp³-hybridized carbons (Fsp3) is 0.348. The van der Waals surface area contributed by atoms with Crippen molar-refractivity contribution in [3.8, 4) is 17.2 Å². The van der Waals surface area contributed by atoms with Gasteiger partial charge >= 0.3 is 0 Å². The largest absolute Gasteiger partial charge is 0.497 e. The molecule has 29 heavy (non-hydrogen) atoms. The Hall–Kier alpha value is -2.66. The lowest BCUT2D eigenvalue weighted by Crippen LogP contribution is -2.31. The van der Waals surface area contributed by atoms with Crippen LogP contribution in [0.3, 0.4) is 0 Å². The van der Waals surface area contributed by atoms with Crippen molar-refractivity contribution < 1.29 is 19.0 Å². The van der Waals surface area contributed by atoms with Gasteiger partial charge in [-0.05, 0) is 54.3 Å². The number of rotatable bonds is 6. The van der Waals surface area contributed by atoms with Crippen LogP contribution >= 0.6 is 11.6 Å². The monoisotopic (exact) mass is 413 g/mol. The number of fused-ring (bicyclic) bond motifs is 1. The molecule has 152 valence electrons. The van der Waals surface area contributed by atoms with Crippen LogP contribution < -0.4 is 14.2 Å². The zero-order chi connectivity index (χ0) is 20.2. The van der Waals surface area contributed by atoms with Gasteiger partial charge in [0, 0.05) is 25.1 Å². The molecule has 0 spiro atoms. The highest BCUT2D eigenvalue weighted by Crippen LogP contribution is 2.38. The molecule has 2 aliphatic rings. The van der Waals surface area contributed by atoms with E-state index in [0.29, 0.717) is 42.3 Å². The molecule has 1 amide bonds. The summed E-state index contributed by atoms with van der Waals surface area (Å²) >= 11 is 6.35. The fourth-order valence-corrected chi connectivity index (χ4v) is 3.58. The van der Waals surface area contributed by atoms with E-state index >= 15 is 0 Å². The molecule has 0 bridgehead atoms. The van der Waals surface area contributed by atoms with Crippen LogP contribution in [0.2, 0.25) is 5.02 Å². The molecule has 5 nitrogen and oxygen atoms in total. The number of amides is 1. The first-order valence-electron chi connectivity index (χ1n) is 9.85. The van der Waals surface area contributed by atoms with Crippen LogP contribution in [0.4, 0.5) is 0 Å². The third-order valence-corrected chi connectivity index (χ3v) is 5.31. The Balaban J connectivity index is 1.48. The predicted molar refractivity (Wildman–Crippen MR) is 113 cm³/mol. The SMILES string of the molecule is COc1ccc(CN(C(=O)/C=C/c2cc(Cl)c3c(c2)OCCCO3)C2CC2)cc1. The topological polar surface area (TPSA) is 48.0 Å². The Morgan fingerprint density at radius 2 is 1.97 bits per heavy atom. The highest BCUT2D eigenvalue weighted by atomic mass is 35.5. The number of hydrogen-bond acceptors (Lipinski definition) is 4. The highest BCUT2D eigenvalue weighted by Gasteiger charge is 2.31. The van der Waals surface area contributed by atoms with Crippen molar-refractivity contribution >= 4 is 23.6 Å². The number of carbonyl (C=O) groups is 1. The van der Waals surface area contributed by atoms with Crippen LogP contribution in [0.5, 0.6) is 17.2 Å². The fourth-order valence-electron chi connectivity index (χ4n) is 3.31. The van der Waals surface area contributed by atoms with Crippen LogP contribution in [0.15, 0.2) is 42.5 Å². The third-order valence-electron chi connectivity index (χ3n) is 5.03. The molecule has 2 aromatic rings. The zero-order valence-corrected chi connectivity index (χ0v) is 17.2. The second kappa shape index (κ2) is 8.78. The molecule has 1 aliphatic carbocycles. The molecule has 1 fully saturated rings. The van der Waals surface area contributed by atoms with Crippen molar-refractivity contribution in [2.24, 2.45) is 0 Å². The lowest BCUT2D eigenvalue weighted by Gasteiger charge is -2.21. The van der Waals surface area contributed by atoms with E-state index in [4.69, 9.17) is 25.8 Å². The molecule has 0 aromatic heterocycles. The highest BCUT2D eigenvalue weighted by molar-refractivity contribution is 6.32. The number of nitrogens with zero attached hydrogens (tertiary/aromatic N) is 1. The van der Waals surface area contributed by atoms with Gasteiger partial charge in [-0.3, -0.25) is 4.79 Å². The number of hydrogen-bond donors (Lipinski definition) is 0. The van der Waals surface area contributed by atoms with Gasteiger partial charge in [-0.15, -0.1) is 0 Å². The maximum absolute atomic E-state index is 12.9. The molecule has 1 heterocycles. The van der Waals surface area contributed by atoms with Crippen molar-refractivity contribution in [3.63, 3.8) is 0 Å². The van der Waals surface area contributed by atoms with Gasteiger partial charge in [0.05, 0.1) is 25.3 Å². The molecule has 6 heteroatoms. The standard InChI is InChI=1S/C23H24ClNO4/c1-27-19-8-3-16(4-9-19)15-25(18-6-7-18)22(26)10-5-17-13-20(24)23-21(14-17)28-11-2-12-29-23/h3-5,8-10,13-14,18H,2,6-7,11-12,15H2,1H3/b10-5+. The maximum atomic E-state index is 12.9. The summed E-state index contributed by atoms with van der Waals surface area (Å²) in [7, 11) is 1.64. The van der Waals surface area contributed by atoms with E-state index in [0.717, 1.165) is 36.1 Å². The average Bonchev–Trinajstić information content (AvgIpc) is 3.58. The van der Waals surface area contributed by atoms with Crippen LogP contribution in [0.25, 0.3) is 6.08 Å². The van der Waals surface area contributed by atoms with Crippen molar-refractivity contribution in [3.05, 3.63) is 58.6 Å². The molecule has 0 atom stereocenters. The Kier molecular flexibility index (Phi) is 5.95. The first-order valence-corrected chi connectivity index (χ1v) is 10.2. The quantitative estimate of drug-likeness (QED) is 0.643. The Morgan fingerprint density at radius 3 is 2.69 bits per heavy atom. The van der Waals surface area contributed by atoms with E-state index in [9.17, 15) is 4.79 Å². The number of methoxy groups -OCH3 is 1. The van der Waals surface area contributed by atoms with Crippen molar-refractivity contribution in [1.82, 2.24) is 4.90 Å². The number of halogens is 1. The summed E-state index contributed by atoms with van der Waals surface area (Å²) < 4.78 is 16.6. The van der Waals surface area contributed by atoms with Crippen LogP contribution in [-0.4, -0.2) is 37.2 Å². The van der Waals surface area contributed by atoms with Crippen LogP contribution in [0.1, 0.15) is 30.4 Å². The number of ether oxygens (including phenoxy) is 3. The normalized spacial score (nSPS) is 15.8. The second-order valence-electron chi connectivity index (χ2n) is 7.26. The number of carbonyl (C=O) groups excluding carboxylic acids is 1. The molecule has 0 radical (unpaired) electrons. The lowest BCUT2D eigenvalue weighted by atomic mass is 10.1. The van der Waals surface area contributed by atoms with Gasteiger partial charge in [0.25, 0.3) is 0 Å². The number of benzene rings is 2. The van der Waals surface area contributed by atoms with Gasteiger partial charge in [0.2, 0.25) is 5.91 Å². The van der Waals surface area contributed by atoms with E-state index in [1.165, 1.54) is 0 Å². The van der Waals surface area contributed by atoms with E-state index in [1.54, 1.807) is 25.3 Å². The molecular weight excluding hydrogens is 390 g/mol. The summed E-state index contributed by atoms with van der Waals surface area (Å²) in [6.07, 6.45) is 6.30. The average molecular weight is 414 g/mol. The lowest BCUT2D eigenvalue weighted by molar-refractivity contribution is -0.127. The predicted octanol–water partition coefficient (Wildman–Crippen LogP) is 4.71. The van der Waals surface area contributed by atoms with Gasteiger partial charge in [0.15, 0.2) is 11.5 Å². The van der Waals surface area contributed by atoms with Crippen molar-refractivity contribution in [2.75, 3.05) is 20.3 Å². The molecule has 0 saturated heterocycles. The minimum atomic E-state index is -0.00782. The molecule has 1 saturated carbocycles. The molecule has 1 aliphatic heterocycles. The molecule has 4 rings (SSSR count). The van der Waals surface area contributed by atoms with Crippen LogP contribution in [-0.2, 0) is 11.3 Å². The van der Waals surface area contributed by atoms with Gasteiger partial charge in [-0.25, -0.2) is 0 Å². The second-order valence-corrected chi connectivity index (χ2v) is 7.67. The minimum absolute atomic E-state index is 0.00782. The summed E-state index contributed by atoms with van der Waals surface area (Å²) in [6.45, 7) is 1.76. The van der Waals surface area contributed by atoms with Gasteiger partial charge in [-0.1, -0.05) is 23.7 Å². The smallest absolute Gasteiger partial charge is 0.247 e. The molecule has 0 unspecified atom stereocenters. The summed E-state index contributed by atoms with van der Waals surface area (Å²) in [5, 5.41) is 0.494. The van der Waals surface area contributed by atoms with Crippen LogP contribution in [0, 0.1) is 0 Å². The first kappa shape index (κ1) is 19.6. The van der Waals surface area contributed by atoms with Crippen molar-refractivity contribution in [1.29, 1.82) is 0 Å². The Labute approximate surface area is 175 Å². The summed E-state index contributed by atoms with van der Waals surface area (Å²) in [5.74, 6) is 2.00. The van der Waals surface area contributed by atoms with Gasteiger partial charge in [-0.2, -0.15) is 0 Å². The minimum Gasteiger partial charge on any atom is -0.497 e. The van der Waals surface area contributed by atoms with Crippen molar-refractivity contribution in [2.45, 2.75) is 31.8 Å². The van der Waals surface area contributed by atoms with Gasteiger partial charge in [0.1, 0.15) is 5.75 Å².